The van der Waals surface area contributed by atoms with Crippen LogP contribution in [0.25, 0.3) is 0 Å². The van der Waals surface area contributed by atoms with Crippen LogP contribution >= 0.6 is 0 Å². The van der Waals surface area contributed by atoms with Crippen molar-refractivity contribution >= 4 is 23.6 Å². The van der Waals surface area contributed by atoms with Crippen molar-refractivity contribution in [3.05, 3.63) is 34.9 Å². The van der Waals surface area contributed by atoms with E-state index < -0.39 is 35.3 Å². The van der Waals surface area contributed by atoms with Gasteiger partial charge in [0.05, 0.1) is 16.7 Å². The lowest BCUT2D eigenvalue weighted by Crippen LogP contribution is -2.54. The summed E-state index contributed by atoms with van der Waals surface area (Å²) in [6.07, 6.45) is 3.30. The smallest absolute Gasteiger partial charge is 0.262 e. The number of ether oxygens (including phenoxy) is 1. The molecule has 4 amide bonds. The number of rotatable bonds is 3. The summed E-state index contributed by atoms with van der Waals surface area (Å²) in [6, 6.07) is 4.37. The Morgan fingerprint density at radius 3 is 2.34 bits per heavy atom. The molecule has 4 aliphatic heterocycles. The molecule has 1 aromatic rings. The molecule has 170 valence electrons. The summed E-state index contributed by atoms with van der Waals surface area (Å²) in [6.45, 7) is 3.06. The first-order valence-electron chi connectivity index (χ1n) is 11.3. The zero-order chi connectivity index (χ0) is 22.5. The van der Waals surface area contributed by atoms with Crippen LogP contribution in [-0.2, 0) is 19.9 Å². The summed E-state index contributed by atoms with van der Waals surface area (Å²) in [5, 5.41) is 13.6. The van der Waals surface area contributed by atoms with Gasteiger partial charge in [0.25, 0.3) is 11.8 Å². The van der Waals surface area contributed by atoms with Gasteiger partial charge in [-0.1, -0.05) is 6.07 Å². The zero-order valence-electron chi connectivity index (χ0n) is 17.8. The number of piperidine rings is 2. The van der Waals surface area contributed by atoms with Gasteiger partial charge >= 0.3 is 0 Å². The van der Waals surface area contributed by atoms with Gasteiger partial charge in [-0.05, 0) is 49.8 Å². The van der Waals surface area contributed by atoms with Crippen molar-refractivity contribution in [1.29, 1.82) is 0 Å². The molecule has 1 aromatic carbocycles. The molecular formula is C23H27N3O6. The van der Waals surface area contributed by atoms with Crippen LogP contribution in [0.3, 0.4) is 0 Å². The highest BCUT2D eigenvalue weighted by Crippen LogP contribution is 2.37. The van der Waals surface area contributed by atoms with Gasteiger partial charge in [0.2, 0.25) is 11.8 Å². The fraction of sp³-hybridized carbons (Fsp3) is 0.565. The summed E-state index contributed by atoms with van der Waals surface area (Å²) in [5.41, 5.74) is -0.0134. The lowest BCUT2D eigenvalue weighted by Gasteiger charge is -2.43. The Kier molecular flexibility index (Phi) is 5.35. The molecule has 0 bridgehead atoms. The maximum Gasteiger partial charge on any atom is 0.262 e. The van der Waals surface area contributed by atoms with Crippen molar-refractivity contribution in [3.63, 3.8) is 0 Å². The fourth-order valence-electron chi connectivity index (χ4n) is 5.36. The topological polar surface area (TPSA) is 116 Å². The van der Waals surface area contributed by atoms with Crippen molar-refractivity contribution in [2.24, 2.45) is 0 Å². The van der Waals surface area contributed by atoms with E-state index in [0.717, 1.165) is 44.0 Å². The molecule has 3 fully saturated rings. The second-order valence-electron chi connectivity index (χ2n) is 9.12. The summed E-state index contributed by atoms with van der Waals surface area (Å²) < 4.78 is 5.45. The van der Waals surface area contributed by atoms with E-state index in [2.05, 4.69) is 10.2 Å². The van der Waals surface area contributed by atoms with E-state index in [-0.39, 0.29) is 24.0 Å². The Hall–Kier alpha value is -2.62. The molecule has 9 nitrogen and oxygen atoms in total. The summed E-state index contributed by atoms with van der Waals surface area (Å²) in [5.74, 6) is -2.12. The van der Waals surface area contributed by atoms with Crippen molar-refractivity contribution < 1.29 is 29.0 Å². The monoisotopic (exact) mass is 441 g/mol. The molecule has 4 heterocycles. The van der Waals surface area contributed by atoms with Crippen LogP contribution in [0.4, 0.5) is 0 Å². The largest absolute Gasteiger partial charge is 0.385 e. The molecular weight excluding hydrogens is 414 g/mol. The van der Waals surface area contributed by atoms with E-state index in [9.17, 15) is 24.3 Å². The van der Waals surface area contributed by atoms with E-state index in [1.54, 1.807) is 18.2 Å². The number of nitrogens with one attached hydrogen (secondary N) is 1. The first kappa shape index (κ1) is 21.2. The molecule has 5 rings (SSSR count). The van der Waals surface area contributed by atoms with Gasteiger partial charge in [0.1, 0.15) is 6.04 Å². The summed E-state index contributed by atoms with van der Waals surface area (Å²) in [4.78, 5) is 53.0. The number of amides is 4. The van der Waals surface area contributed by atoms with Gasteiger partial charge in [-0.3, -0.25) is 34.3 Å². The molecule has 0 aliphatic carbocycles. The molecule has 0 aromatic heterocycles. The molecule has 0 spiro atoms. The Morgan fingerprint density at radius 1 is 0.969 bits per heavy atom. The molecule has 0 radical (unpaired) electrons. The molecule has 0 saturated carbocycles. The van der Waals surface area contributed by atoms with Gasteiger partial charge in [0.15, 0.2) is 0 Å². The Balaban J connectivity index is 1.33. The number of imide groups is 2. The standard InChI is InChI=1S/C23H27N3O6/c27-19-4-3-18(20(28)24-19)26-21(29)16-2-1-14(13-17(16)22(26)30)23(31)7-9-25(10-8-23)15-5-11-32-12-6-15/h1-2,13,15,18,31H,3-12H2,(H,24,27,28). The van der Waals surface area contributed by atoms with Crippen LogP contribution in [0.5, 0.6) is 0 Å². The second-order valence-corrected chi connectivity index (χ2v) is 9.12. The quantitative estimate of drug-likeness (QED) is 0.658. The minimum atomic E-state index is -1.07. The van der Waals surface area contributed by atoms with Crippen molar-refractivity contribution in [2.75, 3.05) is 26.3 Å². The van der Waals surface area contributed by atoms with Crippen LogP contribution in [-0.4, -0.2) is 76.9 Å². The second kappa shape index (κ2) is 8.06. The Labute approximate surface area is 185 Å². The Bertz CT molecular complexity index is 978. The average Bonchev–Trinajstić information content (AvgIpc) is 3.05. The van der Waals surface area contributed by atoms with Gasteiger partial charge < -0.3 is 9.84 Å². The number of hydrogen-bond acceptors (Lipinski definition) is 7. The zero-order valence-corrected chi connectivity index (χ0v) is 17.8. The number of aliphatic hydroxyl groups is 1. The highest BCUT2D eigenvalue weighted by atomic mass is 16.5. The van der Waals surface area contributed by atoms with Crippen LogP contribution in [0.1, 0.15) is 64.8 Å². The lowest BCUT2D eigenvalue weighted by molar-refractivity contribution is -0.136. The van der Waals surface area contributed by atoms with Crippen molar-refractivity contribution in [3.8, 4) is 0 Å². The maximum absolute atomic E-state index is 13.1. The average molecular weight is 441 g/mol. The number of carbonyl (C=O) groups is 4. The van der Waals surface area contributed by atoms with Gasteiger partial charge in [-0.25, -0.2) is 0 Å². The minimum absolute atomic E-state index is 0.0818. The predicted molar refractivity (Wildman–Crippen MR) is 112 cm³/mol. The van der Waals surface area contributed by atoms with Crippen LogP contribution in [0.15, 0.2) is 18.2 Å². The molecule has 3 saturated heterocycles. The normalized spacial score (nSPS) is 26.9. The van der Waals surface area contributed by atoms with E-state index >= 15 is 0 Å². The summed E-state index contributed by atoms with van der Waals surface area (Å²) in [7, 11) is 0. The molecule has 2 N–H and O–H groups in total. The first-order chi connectivity index (χ1) is 15.4. The minimum Gasteiger partial charge on any atom is -0.385 e. The number of nitrogens with zero attached hydrogens (tertiary/aromatic N) is 2. The highest BCUT2D eigenvalue weighted by Gasteiger charge is 2.45. The number of hydrogen-bond donors (Lipinski definition) is 2. The first-order valence-corrected chi connectivity index (χ1v) is 11.3. The molecule has 1 atom stereocenters. The number of fused-ring (bicyclic) bond motifs is 1. The number of carbonyl (C=O) groups excluding carboxylic acids is 4. The Morgan fingerprint density at radius 2 is 1.66 bits per heavy atom. The fourth-order valence-corrected chi connectivity index (χ4v) is 5.36. The van der Waals surface area contributed by atoms with Crippen LogP contribution in [0, 0.1) is 0 Å². The third-order valence-electron chi connectivity index (χ3n) is 7.31. The highest BCUT2D eigenvalue weighted by molar-refractivity contribution is 6.23. The van der Waals surface area contributed by atoms with Crippen molar-refractivity contribution in [1.82, 2.24) is 15.1 Å². The lowest BCUT2D eigenvalue weighted by atomic mass is 9.82. The molecule has 32 heavy (non-hydrogen) atoms. The maximum atomic E-state index is 13.1. The molecule has 1 unspecified atom stereocenters. The molecule has 9 heteroatoms. The van der Waals surface area contributed by atoms with Gasteiger partial charge in [-0.15, -0.1) is 0 Å². The van der Waals surface area contributed by atoms with Gasteiger partial charge in [-0.2, -0.15) is 0 Å². The SMILES string of the molecule is O=C1CCC(N2C(=O)c3ccc(C4(O)CCN(C5CCOCC5)CC4)cc3C2=O)C(=O)N1. The third-order valence-corrected chi connectivity index (χ3v) is 7.31. The van der Waals surface area contributed by atoms with E-state index in [4.69, 9.17) is 4.74 Å². The van der Waals surface area contributed by atoms with E-state index in [1.807, 2.05) is 0 Å². The van der Waals surface area contributed by atoms with Crippen LogP contribution < -0.4 is 5.32 Å². The molecule has 4 aliphatic rings. The van der Waals surface area contributed by atoms with E-state index in [1.165, 1.54) is 0 Å². The summed E-state index contributed by atoms with van der Waals surface area (Å²) >= 11 is 0. The van der Waals surface area contributed by atoms with Gasteiger partial charge in [0, 0.05) is 38.8 Å². The van der Waals surface area contributed by atoms with Crippen molar-refractivity contribution in [2.45, 2.75) is 56.2 Å². The number of likely N-dealkylation sites (tertiary alicyclic amines) is 1. The third kappa shape index (κ3) is 3.54. The van der Waals surface area contributed by atoms with Crippen LogP contribution in [0.2, 0.25) is 0 Å². The number of benzene rings is 1. The van der Waals surface area contributed by atoms with E-state index in [0.29, 0.717) is 24.4 Å². The predicted octanol–water partition coefficient (Wildman–Crippen LogP) is 0.550.